The van der Waals surface area contributed by atoms with Crippen molar-refractivity contribution < 1.29 is 4.92 Å². The molecule has 0 bridgehead atoms. The normalized spacial score (nSPS) is 8.75. The van der Waals surface area contributed by atoms with Gasteiger partial charge in [0.15, 0.2) is 0 Å². The van der Waals surface area contributed by atoms with Crippen LogP contribution in [0.15, 0.2) is 24.3 Å². The number of hydrogen-bond acceptors (Lipinski definition) is 2. The van der Waals surface area contributed by atoms with Crippen LogP contribution in [0, 0.1) is 10.1 Å². The van der Waals surface area contributed by atoms with E-state index in [0.29, 0.717) is 5.56 Å². The van der Waals surface area contributed by atoms with E-state index in [1.165, 1.54) is 6.07 Å². The van der Waals surface area contributed by atoms with Gasteiger partial charge in [-0.2, -0.15) is 0 Å². The van der Waals surface area contributed by atoms with Crippen LogP contribution in [0.2, 0.25) is 0 Å². The minimum absolute atomic E-state index is 0. The summed E-state index contributed by atoms with van der Waals surface area (Å²) in [6, 6.07) is 6.43. The molecule has 0 aliphatic rings. The van der Waals surface area contributed by atoms with Crippen molar-refractivity contribution in [2.24, 2.45) is 0 Å². The molecule has 0 heterocycles. The molecule has 0 amide bonds. The van der Waals surface area contributed by atoms with Crippen LogP contribution >= 0.6 is 24.0 Å². The lowest BCUT2D eigenvalue weighted by atomic mass is 10.2. The number of benzene rings is 1. The smallest absolute Gasteiger partial charge is 0.258 e. The van der Waals surface area contributed by atoms with Crippen molar-refractivity contribution in [1.82, 2.24) is 0 Å². The molecule has 0 aromatic heterocycles. The van der Waals surface area contributed by atoms with E-state index in [2.05, 4.69) is 0 Å². The van der Waals surface area contributed by atoms with E-state index in [1.807, 2.05) is 0 Å². The van der Waals surface area contributed by atoms with E-state index in [4.69, 9.17) is 11.6 Å². The number of nitro benzene ring substituents is 1. The quantitative estimate of drug-likeness (QED) is 0.426. The molecule has 0 atom stereocenters. The zero-order valence-corrected chi connectivity index (χ0v) is 7.64. The van der Waals surface area contributed by atoms with Gasteiger partial charge in [0, 0.05) is 11.6 Å². The Balaban J connectivity index is 0.00000121. The highest BCUT2D eigenvalue weighted by molar-refractivity contribution is 6.17. The number of nitrogens with zero attached hydrogens (tertiary/aromatic N) is 1. The van der Waals surface area contributed by atoms with E-state index in [-0.39, 0.29) is 24.0 Å². The Morgan fingerprint density at radius 3 is 2.42 bits per heavy atom. The summed E-state index contributed by atoms with van der Waals surface area (Å²) >= 11 is 5.47. The molecular formula is C7H7Cl2NO2. The fourth-order valence-electron chi connectivity index (χ4n) is 0.802. The number of rotatable bonds is 2. The molecule has 0 unspecified atom stereocenters. The summed E-state index contributed by atoms with van der Waals surface area (Å²) in [4.78, 5) is 9.89. The first-order chi connectivity index (χ1) is 5.25. The van der Waals surface area contributed by atoms with Crippen molar-refractivity contribution in [1.29, 1.82) is 0 Å². The molecule has 1 rings (SSSR count). The topological polar surface area (TPSA) is 43.1 Å². The zero-order chi connectivity index (χ0) is 8.27. The number of alkyl halides is 1. The van der Waals surface area contributed by atoms with Gasteiger partial charge >= 0.3 is 0 Å². The molecule has 0 saturated heterocycles. The fraction of sp³-hybridized carbons (Fsp3) is 0.143. The van der Waals surface area contributed by atoms with Gasteiger partial charge in [-0.05, 0) is 0 Å². The van der Waals surface area contributed by atoms with E-state index in [0.717, 1.165) is 0 Å². The van der Waals surface area contributed by atoms with E-state index in [9.17, 15) is 10.1 Å². The average molecular weight is 208 g/mol. The summed E-state index contributed by atoms with van der Waals surface area (Å²) in [5.41, 5.74) is 0.640. The molecule has 0 spiro atoms. The minimum atomic E-state index is -0.433. The lowest BCUT2D eigenvalue weighted by molar-refractivity contribution is -0.385. The molecule has 1 aromatic carbocycles. The van der Waals surface area contributed by atoms with Crippen molar-refractivity contribution in [3.63, 3.8) is 0 Å². The Kier molecular flexibility index (Phi) is 4.62. The highest BCUT2D eigenvalue weighted by Crippen LogP contribution is 2.18. The van der Waals surface area contributed by atoms with Gasteiger partial charge in [0.25, 0.3) is 5.69 Å². The molecule has 66 valence electrons. The third kappa shape index (κ3) is 2.36. The molecule has 0 aliphatic carbocycles. The molecule has 0 aliphatic heterocycles. The van der Waals surface area contributed by atoms with Crippen LogP contribution in [0.5, 0.6) is 0 Å². The van der Waals surface area contributed by atoms with E-state index < -0.39 is 4.92 Å². The summed E-state index contributed by atoms with van der Waals surface area (Å²) < 4.78 is 0. The van der Waals surface area contributed by atoms with Crippen molar-refractivity contribution >= 4 is 29.7 Å². The van der Waals surface area contributed by atoms with Gasteiger partial charge in [-0.3, -0.25) is 10.1 Å². The largest absolute Gasteiger partial charge is 0.273 e. The van der Waals surface area contributed by atoms with Gasteiger partial charge in [0.2, 0.25) is 0 Å². The second-order valence-electron chi connectivity index (χ2n) is 2.02. The molecule has 1 aromatic rings. The summed E-state index contributed by atoms with van der Waals surface area (Å²) in [5, 5.41) is 10.3. The predicted octanol–water partition coefficient (Wildman–Crippen LogP) is 2.76. The maximum Gasteiger partial charge on any atom is 0.273 e. The molecule has 0 fully saturated rings. The van der Waals surface area contributed by atoms with Crippen LogP contribution in [0.1, 0.15) is 5.56 Å². The summed E-state index contributed by atoms with van der Waals surface area (Å²) in [5.74, 6) is 0.178. The van der Waals surface area contributed by atoms with Gasteiger partial charge in [-0.25, -0.2) is 0 Å². The summed E-state index contributed by atoms with van der Waals surface area (Å²) in [6.07, 6.45) is 0. The lowest BCUT2D eigenvalue weighted by Gasteiger charge is -1.95. The van der Waals surface area contributed by atoms with Gasteiger partial charge in [0.05, 0.1) is 10.8 Å². The molecule has 12 heavy (non-hydrogen) atoms. The highest BCUT2D eigenvalue weighted by Gasteiger charge is 2.09. The fourth-order valence-corrected chi connectivity index (χ4v) is 1.03. The van der Waals surface area contributed by atoms with Crippen LogP contribution < -0.4 is 0 Å². The first kappa shape index (κ1) is 11.2. The predicted molar refractivity (Wildman–Crippen MR) is 49.9 cm³/mol. The maximum absolute atomic E-state index is 10.3. The Bertz CT molecular complexity index is 278. The lowest BCUT2D eigenvalue weighted by Crippen LogP contribution is -1.91. The van der Waals surface area contributed by atoms with E-state index >= 15 is 0 Å². The Labute approximate surface area is 80.9 Å². The highest BCUT2D eigenvalue weighted by atomic mass is 35.5. The molecule has 0 N–H and O–H groups in total. The average Bonchev–Trinajstić information content (AvgIpc) is 2.04. The van der Waals surface area contributed by atoms with Gasteiger partial charge < -0.3 is 0 Å². The minimum Gasteiger partial charge on any atom is -0.258 e. The summed E-state index contributed by atoms with van der Waals surface area (Å²) in [6.45, 7) is 0. The third-order valence-corrected chi connectivity index (χ3v) is 1.62. The van der Waals surface area contributed by atoms with Gasteiger partial charge in [0.1, 0.15) is 0 Å². The number of hydrogen-bond donors (Lipinski definition) is 0. The number of halogens is 2. The standard InChI is InChI=1S/C7H6ClNO2.ClH/c8-5-6-3-1-2-4-7(6)9(10)11;/h1-4H,5H2;1H. The van der Waals surface area contributed by atoms with Crippen LogP contribution in [-0.4, -0.2) is 4.92 Å². The van der Waals surface area contributed by atoms with Gasteiger partial charge in [-0.15, -0.1) is 24.0 Å². The Hall–Kier alpha value is -0.800. The third-order valence-electron chi connectivity index (χ3n) is 1.33. The first-order valence-corrected chi connectivity index (χ1v) is 3.57. The second-order valence-corrected chi connectivity index (χ2v) is 2.29. The van der Waals surface area contributed by atoms with Crippen LogP contribution in [0.25, 0.3) is 0 Å². The van der Waals surface area contributed by atoms with Crippen molar-refractivity contribution in [2.75, 3.05) is 0 Å². The molecular weight excluding hydrogens is 201 g/mol. The second kappa shape index (κ2) is 4.95. The van der Waals surface area contributed by atoms with Crippen LogP contribution in [0.4, 0.5) is 5.69 Å². The van der Waals surface area contributed by atoms with Crippen molar-refractivity contribution in [3.8, 4) is 0 Å². The Morgan fingerprint density at radius 2 is 2.00 bits per heavy atom. The van der Waals surface area contributed by atoms with Crippen molar-refractivity contribution in [2.45, 2.75) is 5.88 Å². The van der Waals surface area contributed by atoms with E-state index in [1.54, 1.807) is 18.2 Å². The van der Waals surface area contributed by atoms with Crippen molar-refractivity contribution in [3.05, 3.63) is 39.9 Å². The monoisotopic (exact) mass is 207 g/mol. The molecule has 3 nitrogen and oxygen atoms in total. The van der Waals surface area contributed by atoms with Crippen LogP contribution in [0.3, 0.4) is 0 Å². The zero-order valence-electron chi connectivity index (χ0n) is 6.07. The molecule has 0 saturated carbocycles. The number of para-hydroxylation sites is 1. The summed E-state index contributed by atoms with van der Waals surface area (Å²) in [7, 11) is 0. The number of nitro groups is 1. The molecule has 0 radical (unpaired) electrons. The van der Waals surface area contributed by atoms with Crippen LogP contribution in [-0.2, 0) is 5.88 Å². The molecule has 5 heteroatoms. The first-order valence-electron chi connectivity index (χ1n) is 3.04. The maximum atomic E-state index is 10.3. The van der Waals surface area contributed by atoms with Gasteiger partial charge in [-0.1, -0.05) is 18.2 Å². The Morgan fingerprint density at radius 1 is 1.42 bits per heavy atom. The SMILES string of the molecule is Cl.O=[N+]([O-])c1ccccc1CCl.